The number of hydrogen-bond acceptors (Lipinski definition) is 4. The number of amides is 2. The van der Waals surface area contributed by atoms with E-state index < -0.39 is 0 Å². The molecule has 0 aromatic carbocycles. The van der Waals surface area contributed by atoms with Crippen molar-refractivity contribution in [3.63, 3.8) is 0 Å². The second kappa shape index (κ2) is 9.66. The van der Waals surface area contributed by atoms with Crippen molar-refractivity contribution in [1.29, 1.82) is 0 Å². The lowest BCUT2D eigenvalue weighted by molar-refractivity contribution is -0.133. The summed E-state index contributed by atoms with van der Waals surface area (Å²) in [6, 6.07) is 2.08. The number of aromatic nitrogens is 4. The Hall–Kier alpha value is -2.64. The van der Waals surface area contributed by atoms with Crippen LogP contribution in [0.3, 0.4) is 0 Å². The van der Waals surface area contributed by atoms with Gasteiger partial charge in [-0.25, -0.2) is 0 Å². The molecule has 8 heteroatoms. The molecule has 0 radical (unpaired) electrons. The summed E-state index contributed by atoms with van der Waals surface area (Å²) in [5.41, 5.74) is 4.73. The van der Waals surface area contributed by atoms with Crippen LogP contribution in [0, 0.1) is 33.6 Å². The molecule has 0 spiro atoms. The zero-order valence-electron chi connectivity index (χ0n) is 19.7. The Kier molecular flexibility index (Phi) is 7.18. The molecular formula is C23H36N6O2. The number of rotatable bonds is 7. The van der Waals surface area contributed by atoms with Crippen LogP contribution in [-0.4, -0.2) is 49.4 Å². The first-order valence-corrected chi connectivity index (χ1v) is 11.3. The smallest absolute Gasteiger partial charge is 0.224 e. The van der Waals surface area contributed by atoms with E-state index in [-0.39, 0.29) is 17.9 Å². The van der Waals surface area contributed by atoms with Gasteiger partial charge in [0.2, 0.25) is 11.8 Å². The monoisotopic (exact) mass is 428 g/mol. The molecule has 1 N–H and O–H groups in total. The van der Waals surface area contributed by atoms with Crippen molar-refractivity contribution in [2.75, 3.05) is 18.4 Å². The molecule has 8 nitrogen and oxygen atoms in total. The highest BCUT2D eigenvalue weighted by atomic mass is 16.2. The van der Waals surface area contributed by atoms with Crippen LogP contribution >= 0.6 is 0 Å². The van der Waals surface area contributed by atoms with Gasteiger partial charge in [-0.1, -0.05) is 0 Å². The zero-order chi connectivity index (χ0) is 22.7. The Morgan fingerprint density at radius 3 is 2.39 bits per heavy atom. The molecule has 1 atom stereocenters. The number of aryl methyl sites for hydroxylation is 4. The summed E-state index contributed by atoms with van der Waals surface area (Å²) < 4.78 is 3.84. The molecule has 0 saturated carbocycles. The Labute approximate surface area is 185 Å². The molecule has 0 aliphatic carbocycles. The van der Waals surface area contributed by atoms with Crippen LogP contribution in [0.1, 0.15) is 68.3 Å². The third-order valence-electron chi connectivity index (χ3n) is 6.32. The predicted octanol–water partition coefficient (Wildman–Crippen LogP) is 3.55. The maximum atomic E-state index is 12.8. The first kappa shape index (κ1) is 23.0. The lowest BCUT2D eigenvalue weighted by Crippen LogP contribution is -2.40. The van der Waals surface area contributed by atoms with Gasteiger partial charge in [-0.3, -0.25) is 19.0 Å². The van der Waals surface area contributed by atoms with E-state index in [0.29, 0.717) is 31.8 Å². The standard InChI is InChI=1S/C23H36N6O2/c1-7-28-19(6)23(18(5)26-28)24-21(30)14-20-8-10-27(11-9-20)22(31)13-17(4)29-16(3)12-15(2)25-29/h12,17,20H,7-11,13-14H2,1-6H3,(H,24,30). The quantitative estimate of drug-likeness (QED) is 0.731. The van der Waals surface area contributed by atoms with Crippen LogP contribution in [0.4, 0.5) is 5.69 Å². The Balaban J connectivity index is 1.47. The van der Waals surface area contributed by atoms with E-state index >= 15 is 0 Å². The first-order valence-electron chi connectivity index (χ1n) is 11.3. The molecule has 1 unspecified atom stereocenters. The molecular weight excluding hydrogens is 392 g/mol. The Bertz CT molecular complexity index is 936. The average Bonchev–Trinajstić information content (AvgIpc) is 3.20. The van der Waals surface area contributed by atoms with Crippen LogP contribution < -0.4 is 5.32 Å². The highest BCUT2D eigenvalue weighted by molar-refractivity contribution is 5.92. The van der Waals surface area contributed by atoms with Gasteiger partial charge in [0.25, 0.3) is 0 Å². The largest absolute Gasteiger partial charge is 0.343 e. The van der Waals surface area contributed by atoms with Gasteiger partial charge in [0.05, 0.1) is 28.8 Å². The van der Waals surface area contributed by atoms with E-state index in [1.807, 2.05) is 61.9 Å². The third-order valence-corrected chi connectivity index (χ3v) is 6.32. The molecule has 3 rings (SSSR count). The van der Waals surface area contributed by atoms with Gasteiger partial charge in [-0.05, 0) is 66.4 Å². The number of carbonyl (C=O) groups excluding carboxylic acids is 2. The minimum absolute atomic E-state index is 0.0322. The molecule has 0 bridgehead atoms. The predicted molar refractivity (Wildman–Crippen MR) is 121 cm³/mol. The van der Waals surface area contributed by atoms with E-state index in [2.05, 4.69) is 15.5 Å². The average molecular weight is 429 g/mol. The maximum Gasteiger partial charge on any atom is 0.224 e. The first-order chi connectivity index (χ1) is 14.7. The summed E-state index contributed by atoms with van der Waals surface area (Å²) in [6.07, 6.45) is 2.66. The number of carbonyl (C=O) groups is 2. The molecule has 170 valence electrons. The van der Waals surface area contributed by atoms with E-state index in [4.69, 9.17) is 0 Å². The van der Waals surface area contributed by atoms with Crippen LogP contribution in [0.2, 0.25) is 0 Å². The van der Waals surface area contributed by atoms with E-state index in [1.54, 1.807) is 0 Å². The van der Waals surface area contributed by atoms with Crippen LogP contribution in [0.25, 0.3) is 0 Å². The van der Waals surface area contributed by atoms with E-state index in [1.165, 1.54) is 0 Å². The van der Waals surface area contributed by atoms with Gasteiger partial charge in [-0.15, -0.1) is 0 Å². The lowest BCUT2D eigenvalue weighted by atomic mass is 9.93. The van der Waals surface area contributed by atoms with Crippen molar-refractivity contribution < 1.29 is 9.59 Å². The van der Waals surface area contributed by atoms with Gasteiger partial charge in [0, 0.05) is 38.2 Å². The summed E-state index contributed by atoms with van der Waals surface area (Å²) >= 11 is 0. The molecule has 1 fully saturated rings. The summed E-state index contributed by atoms with van der Waals surface area (Å²) in [5, 5.41) is 12.0. The molecule has 3 heterocycles. The number of anilines is 1. The molecule has 1 saturated heterocycles. The molecule has 1 aliphatic heterocycles. The minimum atomic E-state index is 0.0322. The van der Waals surface area contributed by atoms with Crippen LogP contribution in [-0.2, 0) is 16.1 Å². The summed E-state index contributed by atoms with van der Waals surface area (Å²) in [4.78, 5) is 27.3. The van der Waals surface area contributed by atoms with Crippen molar-refractivity contribution in [1.82, 2.24) is 24.5 Å². The minimum Gasteiger partial charge on any atom is -0.343 e. The molecule has 2 aromatic heterocycles. The van der Waals surface area contributed by atoms with Crippen LogP contribution in [0.15, 0.2) is 6.07 Å². The fourth-order valence-electron chi connectivity index (χ4n) is 4.59. The fraction of sp³-hybridized carbons (Fsp3) is 0.652. The highest BCUT2D eigenvalue weighted by Gasteiger charge is 2.26. The van der Waals surface area contributed by atoms with E-state index in [9.17, 15) is 9.59 Å². The van der Waals surface area contributed by atoms with Gasteiger partial charge < -0.3 is 10.2 Å². The Morgan fingerprint density at radius 1 is 1.16 bits per heavy atom. The zero-order valence-corrected chi connectivity index (χ0v) is 19.7. The normalized spacial score (nSPS) is 15.9. The SMILES string of the molecule is CCn1nc(C)c(NC(=O)CC2CCN(C(=O)CC(C)n3nc(C)cc3C)CC2)c1C. The van der Waals surface area contributed by atoms with Crippen molar-refractivity contribution in [2.24, 2.45) is 5.92 Å². The number of piperidine rings is 1. The molecule has 2 aromatic rings. The lowest BCUT2D eigenvalue weighted by Gasteiger charge is -2.32. The molecule has 1 aliphatic rings. The van der Waals surface area contributed by atoms with Gasteiger partial charge in [0.15, 0.2) is 0 Å². The summed E-state index contributed by atoms with van der Waals surface area (Å²) in [5.74, 6) is 0.505. The van der Waals surface area contributed by atoms with Crippen molar-refractivity contribution in [3.8, 4) is 0 Å². The van der Waals surface area contributed by atoms with Gasteiger partial charge in [0.1, 0.15) is 0 Å². The maximum absolute atomic E-state index is 12.8. The second-order valence-electron chi connectivity index (χ2n) is 8.86. The van der Waals surface area contributed by atoms with Crippen molar-refractivity contribution in [2.45, 2.75) is 79.8 Å². The second-order valence-corrected chi connectivity index (χ2v) is 8.86. The van der Waals surface area contributed by atoms with Gasteiger partial charge in [-0.2, -0.15) is 10.2 Å². The van der Waals surface area contributed by atoms with E-state index in [0.717, 1.165) is 47.8 Å². The molecule has 2 amide bonds. The number of hydrogen-bond donors (Lipinski definition) is 1. The van der Waals surface area contributed by atoms with Crippen molar-refractivity contribution >= 4 is 17.5 Å². The fourth-order valence-corrected chi connectivity index (χ4v) is 4.59. The molecule has 31 heavy (non-hydrogen) atoms. The summed E-state index contributed by atoms with van der Waals surface area (Å²) in [6.45, 7) is 14.2. The topological polar surface area (TPSA) is 85.0 Å². The number of likely N-dealkylation sites (tertiary alicyclic amines) is 1. The number of nitrogens with one attached hydrogen (secondary N) is 1. The Morgan fingerprint density at radius 2 is 1.84 bits per heavy atom. The van der Waals surface area contributed by atoms with Crippen LogP contribution in [0.5, 0.6) is 0 Å². The number of nitrogens with zero attached hydrogens (tertiary/aromatic N) is 5. The highest BCUT2D eigenvalue weighted by Crippen LogP contribution is 2.25. The van der Waals surface area contributed by atoms with Gasteiger partial charge >= 0.3 is 0 Å². The third kappa shape index (κ3) is 5.35. The summed E-state index contributed by atoms with van der Waals surface area (Å²) in [7, 11) is 0. The van der Waals surface area contributed by atoms with Crippen molar-refractivity contribution in [3.05, 3.63) is 28.8 Å².